The third-order valence-electron chi connectivity index (χ3n) is 1.81. The molecule has 1 aromatic carbocycles. The Morgan fingerprint density at radius 3 is 2.81 bits per heavy atom. The fraction of sp³-hybridized carbons (Fsp3) is 0. The van der Waals surface area contributed by atoms with Gasteiger partial charge in [0.25, 0.3) is 0 Å². The van der Waals surface area contributed by atoms with Crippen molar-refractivity contribution in [3.63, 3.8) is 0 Å². The fourth-order valence-corrected chi connectivity index (χ4v) is 1.90. The second-order valence-electron chi connectivity index (χ2n) is 2.92. The Balaban J connectivity index is 2.24. The van der Waals surface area contributed by atoms with Crippen LogP contribution in [-0.2, 0) is 0 Å². The van der Waals surface area contributed by atoms with Crippen LogP contribution >= 0.6 is 11.8 Å². The lowest BCUT2D eigenvalue weighted by Crippen LogP contribution is -2.08. The number of hydrogen-bond acceptors (Lipinski definition) is 5. The average Bonchev–Trinajstić information content (AvgIpc) is 2.32. The number of hydrogen-bond donors (Lipinski definition) is 2. The third kappa shape index (κ3) is 2.47. The number of nitrogens with one attached hydrogen (secondary N) is 1. The zero-order valence-corrected chi connectivity index (χ0v) is 9.04. The molecule has 0 aliphatic heterocycles. The third-order valence-corrected chi connectivity index (χ3v) is 2.77. The van der Waals surface area contributed by atoms with E-state index in [0.29, 0.717) is 15.7 Å². The van der Waals surface area contributed by atoms with Gasteiger partial charge in [-0.2, -0.15) is 0 Å². The lowest BCUT2D eigenvalue weighted by Gasteiger charge is -2.03. The molecular weight excluding hydrogens is 227 g/mol. The Labute approximate surface area is 96.1 Å². The highest BCUT2D eigenvalue weighted by atomic mass is 32.2. The molecule has 6 heteroatoms. The molecule has 3 N–H and O–H groups in total. The van der Waals surface area contributed by atoms with Gasteiger partial charge in [-0.1, -0.05) is 23.9 Å². The monoisotopic (exact) mass is 236 g/mol. The number of aromatic nitrogens is 2. The van der Waals surface area contributed by atoms with Gasteiger partial charge >= 0.3 is 0 Å². The minimum Gasteiger partial charge on any atom is -0.307 e. The van der Waals surface area contributed by atoms with Crippen LogP contribution in [0.5, 0.6) is 0 Å². The summed E-state index contributed by atoms with van der Waals surface area (Å²) in [6, 6.07) is 6.50. The van der Waals surface area contributed by atoms with Gasteiger partial charge in [0.05, 0.1) is 12.4 Å². The van der Waals surface area contributed by atoms with E-state index in [1.165, 1.54) is 24.0 Å². The molecule has 0 saturated carbocycles. The van der Waals surface area contributed by atoms with Gasteiger partial charge in [-0.3, -0.25) is 4.98 Å². The highest BCUT2D eigenvalue weighted by Crippen LogP contribution is 2.27. The number of anilines is 1. The maximum absolute atomic E-state index is 13.3. The molecule has 4 nitrogen and oxygen atoms in total. The van der Waals surface area contributed by atoms with Crippen LogP contribution in [0.25, 0.3) is 0 Å². The minimum absolute atomic E-state index is 0.277. The maximum atomic E-state index is 13.3. The predicted octanol–water partition coefficient (Wildman–Crippen LogP) is 2.05. The van der Waals surface area contributed by atoms with Gasteiger partial charge in [0.2, 0.25) is 0 Å². The van der Waals surface area contributed by atoms with Crippen LogP contribution in [-0.4, -0.2) is 9.97 Å². The summed E-state index contributed by atoms with van der Waals surface area (Å²) < 4.78 is 13.3. The molecule has 0 amide bonds. The van der Waals surface area contributed by atoms with Crippen LogP contribution in [0.3, 0.4) is 0 Å². The van der Waals surface area contributed by atoms with E-state index in [1.54, 1.807) is 24.4 Å². The molecule has 1 aromatic heterocycles. The lowest BCUT2D eigenvalue weighted by molar-refractivity contribution is 0.602. The molecule has 82 valence electrons. The number of nitrogens with zero attached hydrogens (tertiary/aromatic N) is 2. The van der Waals surface area contributed by atoms with E-state index in [9.17, 15) is 4.39 Å². The van der Waals surface area contributed by atoms with Crippen molar-refractivity contribution >= 4 is 17.6 Å². The summed E-state index contributed by atoms with van der Waals surface area (Å²) in [7, 11) is 0. The van der Waals surface area contributed by atoms with E-state index >= 15 is 0 Å². The Kier molecular flexibility index (Phi) is 3.33. The smallest absolute Gasteiger partial charge is 0.159 e. The Bertz CT molecular complexity index is 492. The normalized spacial score (nSPS) is 10.1. The number of hydrazine groups is 1. The molecule has 0 aliphatic carbocycles. The van der Waals surface area contributed by atoms with Crippen molar-refractivity contribution in [1.82, 2.24) is 9.97 Å². The average molecular weight is 236 g/mol. The van der Waals surface area contributed by atoms with Crippen molar-refractivity contribution in [1.29, 1.82) is 0 Å². The van der Waals surface area contributed by atoms with Crippen LogP contribution < -0.4 is 11.3 Å². The predicted molar refractivity (Wildman–Crippen MR) is 60.4 cm³/mol. The summed E-state index contributed by atoms with van der Waals surface area (Å²) in [4.78, 5) is 8.56. The Hall–Kier alpha value is -1.66. The summed E-state index contributed by atoms with van der Waals surface area (Å²) in [5.41, 5.74) is 2.39. The van der Waals surface area contributed by atoms with Crippen LogP contribution in [0.4, 0.5) is 10.2 Å². The first-order valence-electron chi connectivity index (χ1n) is 4.50. The standard InChI is InChI=1S/C10H9FN4S/c11-7-3-1-2-4-8(7)16-10-6-13-5-9(14-10)15-12/h1-6H,12H2,(H,14,15). The molecule has 0 unspecified atom stereocenters. The number of rotatable bonds is 3. The summed E-state index contributed by atoms with van der Waals surface area (Å²) >= 11 is 1.20. The molecule has 0 bridgehead atoms. The zero-order chi connectivity index (χ0) is 11.4. The van der Waals surface area contributed by atoms with E-state index in [-0.39, 0.29) is 5.82 Å². The van der Waals surface area contributed by atoms with Gasteiger partial charge in [-0.05, 0) is 12.1 Å². The molecule has 0 saturated heterocycles. The van der Waals surface area contributed by atoms with Gasteiger partial charge in [0, 0.05) is 4.90 Å². The summed E-state index contributed by atoms with van der Waals surface area (Å²) in [5, 5.41) is 0.584. The SMILES string of the molecule is NNc1cncc(Sc2ccccc2F)n1. The molecule has 0 radical (unpaired) electrons. The fourth-order valence-electron chi connectivity index (χ4n) is 1.11. The van der Waals surface area contributed by atoms with Crippen molar-refractivity contribution < 1.29 is 4.39 Å². The molecule has 16 heavy (non-hydrogen) atoms. The first-order chi connectivity index (χ1) is 7.79. The quantitative estimate of drug-likeness (QED) is 0.630. The number of nitrogens with two attached hydrogens (primary N) is 1. The van der Waals surface area contributed by atoms with Crippen LogP contribution in [0.1, 0.15) is 0 Å². The van der Waals surface area contributed by atoms with Gasteiger partial charge < -0.3 is 5.43 Å². The molecule has 0 aliphatic rings. The highest BCUT2D eigenvalue weighted by Gasteiger charge is 2.05. The van der Waals surface area contributed by atoms with Crippen molar-refractivity contribution in [2.75, 3.05) is 5.43 Å². The molecule has 1 heterocycles. The molecule has 0 atom stereocenters. The molecule has 0 fully saturated rings. The van der Waals surface area contributed by atoms with Crippen LogP contribution in [0.15, 0.2) is 46.6 Å². The first kappa shape index (κ1) is 10.8. The summed E-state index contributed by atoms with van der Waals surface area (Å²) in [5.74, 6) is 5.37. The molecule has 2 aromatic rings. The second-order valence-corrected chi connectivity index (χ2v) is 3.98. The number of halogens is 1. The zero-order valence-electron chi connectivity index (χ0n) is 8.22. The van der Waals surface area contributed by atoms with Gasteiger partial charge in [0.15, 0.2) is 5.82 Å². The van der Waals surface area contributed by atoms with E-state index < -0.39 is 0 Å². The highest BCUT2D eigenvalue weighted by molar-refractivity contribution is 7.99. The lowest BCUT2D eigenvalue weighted by atomic mass is 10.3. The Morgan fingerprint density at radius 2 is 2.06 bits per heavy atom. The Morgan fingerprint density at radius 1 is 1.25 bits per heavy atom. The molecule has 0 spiro atoms. The van der Waals surface area contributed by atoms with E-state index in [1.807, 2.05) is 0 Å². The second kappa shape index (κ2) is 4.91. The van der Waals surface area contributed by atoms with Crippen molar-refractivity contribution in [2.45, 2.75) is 9.92 Å². The number of benzene rings is 1. The summed E-state index contributed by atoms with van der Waals surface area (Å²) in [6.07, 6.45) is 3.04. The maximum Gasteiger partial charge on any atom is 0.159 e. The van der Waals surface area contributed by atoms with Crippen LogP contribution in [0.2, 0.25) is 0 Å². The van der Waals surface area contributed by atoms with E-state index in [2.05, 4.69) is 15.4 Å². The van der Waals surface area contributed by atoms with E-state index in [0.717, 1.165) is 0 Å². The first-order valence-corrected chi connectivity index (χ1v) is 5.32. The van der Waals surface area contributed by atoms with Crippen molar-refractivity contribution in [3.05, 3.63) is 42.5 Å². The van der Waals surface area contributed by atoms with Crippen molar-refractivity contribution in [3.8, 4) is 0 Å². The van der Waals surface area contributed by atoms with Gasteiger partial charge in [0.1, 0.15) is 10.8 Å². The summed E-state index contributed by atoms with van der Waals surface area (Å²) in [6.45, 7) is 0. The van der Waals surface area contributed by atoms with Crippen molar-refractivity contribution in [2.24, 2.45) is 5.84 Å². The van der Waals surface area contributed by atoms with Crippen LogP contribution in [0, 0.1) is 5.82 Å². The van der Waals surface area contributed by atoms with Gasteiger partial charge in [-0.15, -0.1) is 0 Å². The molecular formula is C10H9FN4S. The van der Waals surface area contributed by atoms with Gasteiger partial charge in [-0.25, -0.2) is 15.2 Å². The van der Waals surface area contributed by atoms with E-state index in [4.69, 9.17) is 5.84 Å². The number of nitrogen functional groups attached to an aromatic ring is 1. The topological polar surface area (TPSA) is 63.8 Å². The largest absolute Gasteiger partial charge is 0.307 e. The minimum atomic E-state index is -0.277. The molecule has 2 rings (SSSR count).